The maximum Gasteiger partial charge on any atom is 0.303 e. The minimum Gasteiger partial charge on any atom is -0.481 e. The van der Waals surface area contributed by atoms with Gasteiger partial charge in [-0.15, -0.1) is 12.4 Å². The lowest BCUT2D eigenvalue weighted by Gasteiger charge is -2.25. The third kappa shape index (κ3) is 3.16. The summed E-state index contributed by atoms with van der Waals surface area (Å²) in [6, 6.07) is 0. The second-order valence-corrected chi connectivity index (χ2v) is 4.12. The Morgan fingerprint density at radius 1 is 1.69 bits per heavy atom. The minimum atomic E-state index is -0.713. The molecule has 1 aliphatic rings. The van der Waals surface area contributed by atoms with Gasteiger partial charge in [-0.2, -0.15) is 0 Å². The molecule has 0 spiro atoms. The highest BCUT2D eigenvalue weighted by Gasteiger charge is 2.37. The zero-order valence-electron chi connectivity index (χ0n) is 7.95. The van der Waals surface area contributed by atoms with E-state index in [1.807, 2.05) is 0 Å². The van der Waals surface area contributed by atoms with Crippen LogP contribution in [-0.4, -0.2) is 17.6 Å². The fraction of sp³-hybridized carbons (Fsp3) is 0.889. The van der Waals surface area contributed by atoms with E-state index in [1.165, 1.54) is 0 Å². The predicted octanol–water partition coefficient (Wildman–Crippen LogP) is 1.65. The molecule has 4 heteroatoms. The molecule has 0 aromatic rings. The second kappa shape index (κ2) is 4.82. The van der Waals surface area contributed by atoms with Crippen LogP contribution in [0.2, 0.25) is 0 Å². The van der Waals surface area contributed by atoms with Crippen LogP contribution in [0.4, 0.5) is 0 Å². The average Bonchev–Trinajstić information content (AvgIpc) is 2.32. The SMILES string of the molecule is C[C@@H]1CCC(CN)(CC(=O)O)C1.Cl. The molecule has 3 nitrogen and oxygen atoms in total. The van der Waals surface area contributed by atoms with Gasteiger partial charge in [-0.25, -0.2) is 0 Å². The first-order chi connectivity index (χ1) is 5.58. The quantitative estimate of drug-likeness (QED) is 0.740. The molecule has 2 atom stereocenters. The topological polar surface area (TPSA) is 63.3 Å². The number of rotatable bonds is 3. The van der Waals surface area contributed by atoms with Gasteiger partial charge in [-0.05, 0) is 30.7 Å². The van der Waals surface area contributed by atoms with Crippen LogP contribution in [0.25, 0.3) is 0 Å². The standard InChI is InChI=1S/C9H17NO2.ClH/c1-7-2-3-9(4-7,6-10)5-8(11)12;/h7H,2-6,10H2,1H3,(H,11,12);1H/t7-,9?;/m1./s1. The summed E-state index contributed by atoms with van der Waals surface area (Å²) in [5.74, 6) is -0.0672. The first kappa shape index (κ1) is 12.7. The molecular formula is C9H18ClNO2. The average molecular weight is 208 g/mol. The Kier molecular flexibility index (Phi) is 4.71. The second-order valence-electron chi connectivity index (χ2n) is 4.12. The molecule has 1 saturated carbocycles. The van der Waals surface area contributed by atoms with Crippen LogP contribution >= 0.6 is 12.4 Å². The number of hydrogen-bond donors (Lipinski definition) is 2. The highest BCUT2D eigenvalue weighted by molar-refractivity contribution is 5.85. The lowest BCUT2D eigenvalue weighted by Crippen LogP contribution is -2.30. The summed E-state index contributed by atoms with van der Waals surface area (Å²) in [7, 11) is 0. The molecule has 0 bridgehead atoms. The summed E-state index contributed by atoms with van der Waals surface area (Å²) < 4.78 is 0. The van der Waals surface area contributed by atoms with Crippen molar-refractivity contribution < 1.29 is 9.90 Å². The van der Waals surface area contributed by atoms with E-state index in [9.17, 15) is 4.79 Å². The molecule has 1 unspecified atom stereocenters. The third-order valence-electron chi connectivity index (χ3n) is 2.91. The molecule has 0 aromatic heterocycles. The summed E-state index contributed by atoms with van der Waals surface area (Å²) in [4.78, 5) is 10.6. The Morgan fingerprint density at radius 2 is 2.31 bits per heavy atom. The van der Waals surface area contributed by atoms with E-state index < -0.39 is 5.97 Å². The van der Waals surface area contributed by atoms with Crippen LogP contribution in [0, 0.1) is 11.3 Å². The van der Waals surface area contributed by atoms with Gasteiger partial charge in [0, 0.05) is 0 Å². The number of carboxylic acids is 1. The smallest absolute Gasteiger partial charge is 0.303 e. The summed E-state index contributed by atoms with van der Waals surface area (Å²) in [6.45, 7) is 2.68. The fourth-order valence-electron chi connectivity index (χ4n) is 2.23. The Hall–Kier alpha value is -0.280. The van der Waals surface area contributed by atoms with Crippen LogP contribution in [0.3, 0.4) is 0 Å². The molecule has 0 amide bonds. The molecule has 0 saturated heterocycles. The Morgan fingerprint density at radius 3 is 2.62 bits per heavy atom. The molecule has 1 aliphatic carbocycles. The van der Waals surface area contributed by atoms with Crippen molar-refractivity contribution in [2.45, 2.75) is 32.6 Å². The number of hydrogen-bond acceptors (Lipinski definition) is 2. The largest absolute Gasteiger partial charge is 0.481 e. The summed E-state index contributed by atoms with van der Waals surface area (Å²) in [5, 5.41) is 8.70. The van der Waals surface area contributed by atoms with E-state index in [0.29, 0.717) is 12.5 Å². The van der Waals surface area contributed by atoms with Gasteiger partial charge >= 0.3 is 5.97 Å². The highest BCUT2D eigenvalue weighted by atomic mass is 35.5. The van der Waals surface area contributed by atoms with E-state index in [4.69, 9.17) is 10.8 Å². The molecule has 0 aromatic carbocycles. The number of aliphatic carboxylic acids is 1. The lowest BCUT2D eigenvalue weighted by atomic mass is 9.82. The summed E-state index contributed by atoms with van der Waals surface area (Å²) >= 11 is 0. The molecule has 0 heterocycles. The van der Waals surface area contributed by atoms with Crippen LogP contribution < -0.4 is 5.73 Å². The number of carboxylic acid groups (broad SMARTS) is 1. The van der Waals surface area contributed by atoms with Crippen molar-refractivity contribution in [3.8, 4) is 0 Å². The normalized spacial score (nSPS) is 32.6. The first-order valence-electron chi connectivity index (χ1n) is 4.50. The zero-order valence-corrected chi connectivity index (χ0v) is 8.77. The summed E-state index contributed by atoms with van der Waals surface area (Å²) in [5.41, 5.74) is 5.52. The van der Waals surface area contributed by atoms with Crippen LogP contribution in [0.15, 0.2) is 0 Å². The van der Waals surface area contributed by atoms with Crippen molar-refractivity contribution in [3.63, 3.8) is 0 Å². The Balaban J connectivity index is 0.00000144. The zero-order chi connectivity index (χ0) is 9.19. The van der Waals surface area contributed by atoms with Crippen molar-refractivity contribution in [1.82, 2.24) is 0 Å². The molecule has 0 radical (unpaired) electrons. The maximum absolute atomic E-state index is 10.6. The van der Waals surface area contributed by atoms with Gasteiger partial charge in [0.05, 0.1) is 6.42 Å². The Labute approximate surface area is 85.1 Å². The molecule has 1 rings (SSSR count). The first-order valence-corrected chi connectivity index (χ1v) is 4.50. The van der Waals surface area contributed by atoms with Gasteiger partial charge in [0.1, 0.15) is 0 Å². The van der Waals surface area contributed by atoms with Crippen molar-refractivity contribution in [2.24, 2.45) is 17.1 Å². The van der Waals surface area contributed by atoms with Crippen molar-refractivity contribution in [2.75, 3.05) is 6.54 Å². The Bertz CT molecular complexity index is 186. The van der Waals surface area contributed by atoms with Gasteiger partial charge in [0.15, 0.2) is 0 Å². The van der Waals surface area contributed by atoms with Crippen LogP contribution in [0.1, 0.15) is 32.6 Å². The monoisotopic (exact) mass is 207 g/mol. The van der Waals surface area contributed by atoms with Gasteiger partial charge < -0.3 is 10.8 Å². The highest BCUT2D eigenvalue weighted by Crippen LogP contribution is 2.43. The van der Waals surface area contributed by atoms with Crippen LogP contribution in [-0.2, 0) is 4.79 Å². The van der Waals surface area contributed by atoms with Gasteiger partial charge in [-0.1, -0.05) is 13.3 Å². The van der Waals surface area contributed by atoms with Gasteiger partial charge in [-0.3, -0.25) is 4.79 Å². The van der Waals surface area contributed by atoms with E-state index in [2.05, 4.69) is 6.92 Å². The maximum atomic E-state index is 10.6. The van der Waals surface area contributed by atoms with E-state index in [1.54, 1.807) is 0 Å². The molecule has 13 heavy (non-hydrogen) atoms. The number of halogens is 1. The predicted molar refractivity (Wildman–Crippen MR) is 54.0 cm³/mol. The number of carbonyl (C=O) groups is 1. The minimum absolute atomic E-state index is 0. The molecule has 3 N–H and O–H groups in total. The summed E-state index contributed by atoms with van der Waals surface area (Å²) in [6.07, 6.45) is 3.34. The van der Waals surface area contributed by atoms with Crippen LogP contribution in [0.5, 0.6) is 0 Å². The van der Waals surface area contributed by atoms with Crippen molar-refractivity contribution in [1.29, 1.82) is 0 Å². The van der Waals surface area contributed by atoms with Gasteiger partial charge in [0.2, 0.25) is 0 Å². The van der Waals surface area contributed by atoms with E-state index in [0.717, 1.165) is 19.3 Å². The van der Waals surface area contributed by atoms with E-state index in [-0.39, 0.29) is 24.2 Å². The number of nitrogens with two attached hydrogens (primary N) is 1. The van der Waals surface area contributed by atoms with E-state index >= 15 is 0 Å². The molecule has 1 fully saturated rings. The fourth-order valence-corrected chi connectivity index (χ4v) is 2.23. The van der Waals surface area contributed by atoms with Crippen molar-refractivity contribution in [3.05, 3.63) is 0 Å². The molecule has 78 valence electrons. The van der Waals surface area contributed by atoms with Crippen molar-refractivity contribution >= 4 is 18.4 Å². The third-order valence-corrected chi connectivity index (χ3v) is 2.91. The lowest BCUT2D eigenvalue weighted by molar-refractivity contribution is -0.139. The molecular weight excluding hydrogens is 190 g/mol. The molecule has 0 aliphatic heterocycles. The van der Waals surface area contributed by atoms with Gasteiger partial charge in [0.25, 0.3) is 0 Å².